The molecule has 0 saturated carbocycles. The molecule has 1 unspecified atom stereocenters. The van der Waals surface area contributed by atoms with Gasteiger partial charge in [0.25, 0.3) is 0 Å². The summed E-state index contributed by atoms with van der Waals surface area (Å²) in [5, 5.41) is 5.65. The molecular formula is C13H17NOS2. The first kappa shape index (κ1) is 12.7. The predicted molar refractivity (Wildman–Crippen MR) is 74.9 cm³/mol. The lowest BCUT2D eigenvalue weighted by molar-refractivity contribution is 0.527. The number of aryl methyl sites for hydroxylation is 1. The average molecular weight is 267 g/mol. The molecule has 0 amide bonds. The maximum atomic E-state index is 5.26. The number of thioether (sulfide) groups is 1. The normalized spacial score (nSPS) is 12.8. The van der Waals surface area contributed by atoms with E-state index in [4.69, 9.17) is 4.42 Å². The molecular weight excluding hydrogens is 250 g/mol. The summed E-state index contributed by atoms with van der Waals surface area (Å²) in [5.74, 6) is 2.08. The van der Waals surface area contributed by atoms with E-state index in [-0.39, 0.29) is 0 Å². The molecule has 0 bridgehead atoms. The van der Waals surface area contributed by atoms with Crippen LogP contribution >= 0.6 is 23.1 Å². The molecule has 1 N–H and O–H groups in total. The molecule has 0 spiro atoms. The van der Waals surface area contributed by atoms with Crippen molar-refractivity contribution in [1.82, 2.24) is 5.32 Å². The third-order valence-corrected chi connectivity index (χ3v) is 4.79. The number of nitrogens with one attached hydrogen (secondary N) is 1. The minimum atomic E-state index is 0.445. The number of thiophene rings is 1. The molecule has 0 fully saturated rings. The van der Waals surface area contributed by atoms with Crippen LogP contribution in [0.2, 0.25) is 0 Å². The largest absolute Gasteiger partial charge is 0.468 e. The van der Waals surface area contributed by atoms with Crippen molar-refractivity contribution in [2.75, 3.05) is 12.3 Å². The Bertz CT molecular complexity index is 436. The monoisotopic (exact) mass is 267 g/mol. The van der Waals surface area contributed by atoms with Crippen LogP contribution in [0.4, 0.5) is 0 Å². The molecule has 0 radical (unpaired) electrons. The summed E-state index contributed by atoms with van der Waals surface area (Å²) in [6, 6.07) is 6.75. The molecule has 2 aromatic heterocycles. The van der Waals surface area contributed by atoms with E-state index in [1.54, 1.807) is 17.6 Å². The Morgan fingerprint density at radius 3 is 3.00 bits per heavy atom. The molecule has 0 aliphatic rings. The highest BCUT2D eigenvalue weighted by atomic mass is 32.2. The van der Waals surface area contributed by atoms with Crippen LogP contribution in [0.25, 0.3) is 0 Å². The molecule has 17 heavy (non-hydrogen) atoms. The summed E-state index contributed by atoms with van der Waals surface area (Å²) in [7, 11) is 0. The third kappa shape index (κ3) is 3.63. The first-order chi connectivity index (χ1) is 8.27. The third-order valence-electron chi connectivity index (χ3n) is 2.59. The van der Waals surface area contributed by atoms with Gasteiger partial charge in [-0.1, -0.05) is 6.07 Å². The minimum Gasteiger partial charge on any atom is -0.468 e. The van der Waals surface area contributed by atoms with Gasteiger partial charge in [0.2, 0.25) is 0 Å². The lowest BCUT2D eigenvalue weighted by Gasteiger charge is -2.11. The van der Waals surface area contributed by atoms with Gasteiger partial charge in [0.15, 0.2) is 0 Å². The van der Waals surface area contributed by atoms with Crippen LogP contribution in [0.5, 0.6) is 0 Å². The van der Waals surface area contributed by atoms with Crippen molar-refractivity contribution in [3.63, 3.8) is 0 Å². The van der Waals surface area contributed by atoms with E-state index in [1.807, 2.05) is 24.8 Å². The van der Waals surface area contributed by atoms with Crippen LogP contribution in [-0.4, -0.2) is 12.3 Å². The standard InChI is InChI=1S/C13H17NOS2/c1-10(12-4-3-8-16-12)14-6-9-17-13-5-7-15-11(13)2/h3-5,7-8,10,14H,6,9H2,1-2H3. The summed E-state index contributed by atoms with van der Waals surface area (Å²) in [6.07, 6.45) is 1.75. The molecule has 4 heteroatoms. The Morgan fingerprint density at radius 1 is 1.47 bits per heavy atom. The Labute approximate surface area is 110 Å². The van der Waals surface area contributed by atoms with Crippen molar-refractivity contribution >= 4 is 23.1 Å². The molecule has 2 heterocycles. The lowest BCUT2D eigenvalue weighted by atomic mass is 10.3. The fourth-order valence-electron chi connectivity index (χ4n) is 1.60. The van der Waals surface area contributed by atoms with Crippen LogP contribution in [0.3, 0.4) is 0 Å². The molecule has 92 valence electrons. The van der Waals surface area contributed by atoms with Gasteiger partial charge in [-0.25, -0.2) is 0 Å². The summed E-state index contributed by atoms with van der Waals surface area (Å²) in [6.45, 7) is 5.22. The van der Waals surface area contributed by atoms with Crippen LogP contribution in [0, 0.1) is 6.92 Å². The van der Waals surface area contributed by atoms with Gasteiger partial charge >= 0.3 is 0 Å². The van der Waals surface area contributed by atoms with Gasteiger partial charge in [0, 0.05) is 28.1 Å². The van der Waals surface area contributed by atoms with Crippen molar-refractivity contribution in [2.24, 2.45) is 0 Å². The maximum absolute atomic E-state index is 5.26. The molecule has 2 nitrogen and oxygen atoms in total. The van der Waals surface area contributed by atoms with Crippen molar-refractivity contribution < 1.29 is 4.42 Å². The van der Waals surface area contributed by atoms with Crippen LogP contribution in [-0.2, 0) is 0 Å². The summed E-state index contributed by atoms with van der Waals surface area (Å²) in [5.41, 5.74) is 0. The fraction of sp³-hybridized carbons (Fsp3) is 0.385. The Morgan fingerprint density at radius 2 is 2.35 bits per heavy atom. The predicted octanol–water partition coefficient (Wildman–Crippen LogP) is 4.09. The van der Waals surface area contributed by atoms with E-state index in [0.29, 0.717) is 6.04 Å². The van der Waals surface area contributed by atoms with Crippen LogP contribution in [0.1, 0.15) is 23.6 Å². The van der Waals surface area contributed by atoms with E-state index in [0.717, 1.165) is 18.1 Å². The first-order valence-corrected chi connectivity index (χ1v) is 7.57. The van der Waals surface area contributed by atoms with E-state index in [2.05, 4.69) is 29.8 Å². The second kappa shape index (κ2) is 6.28. The maximum Gasteiger partial charge on any atom is 0.114 e. The van der Waals surface area contributed by atoms with Gasteiger partial charge in [0.1, 0.15) is 5.76 Å². The van der Waals surface area contributed by atoms with Crippen molar-refractivity contribution in [1.29, 1.82) is 0 Å². The van der Waals surface area contributed by atoms with Crippen molar-refractivity contribution in [3.8, 4) is 0 Å². The molecule has 1 atom stereocenters. The zero-order chi connectivity index (χ0) is 12.1. The Balaban J connectivity index is 1.68. The number of furan rings is 1. The SMILES string of the molecule is Cc1occc1SCCNC(C)c1cccs1. The summed E-state index contributed by atoms with van der Waals surface area (Å²) >= 11 is 3.65. The smallest absolute Gasteiger partial charge is 0.114 e. The van der Waals surface area contributed by atoms with Gasteiger partial charge in [-0.2, -0.15) is 0 Å². The average Bonchev–Trinajstić information content (AvgIpc) is 2.96. The number of hydrogen-bond donors (Lipinski definition) is 1. The Hall–Kier alpha value is -0.710. The molecule has 0 aliphatic heterocycles. The highest BCUT2D eigenvalue weighted by molar-refractivity contribution is 7.99. The summed E-state index contributed by atoms with van der Waals surface area (Å²) < 4.78 is 5.26. The van der Waals surface area contributed by atoms with E-state index in [1.165, 1.54) is 9.77 Å². The van der Waals surface area contributed by atoms with Gasteiger partial charge < -0.3 is 9.73 Å². The topological polar surface area (TPSA) is 25.2 Å². The summed E-state index contributed by atoms with van der Waals surface area (Å²) in [4.78, 5) is 2.64. The number of hydrogen-bond acceptors (Lipinski definition) is 4. The van der Waals surface area contributed by atoms with Crippen LogP contribution < -0.4 is 5.32 Å². The highest BCUT2D eigenvalue weighted by Gasteiger charge is 2.05. The van der Waals surface area contributed by atoms with Gasteiger partial charge in [-0.3, -0.25) is 0 Å². The van der Waals surface area contributed by atoms with Gasteiger partial charge in [-0.15, -0.1) is 23.1 Å². The second-order valence-corrected chi connectivity index (χ2v) is 6.00. The van der Waals surface area contributed by atoms with E-state index < -0.39 is 0 Å². The van der Waals surface area contributed by atoms with Crippen molar-refractivity contribution in [2.45, 2.75) is 24.8 Å². The minimum absolute atomic E-state index is 0.445. The van der Waals surface area contributed by atoms with Crippen molar-refractivity contribution in [3.05, 3.63) is 40.5 Å². The van der Waals surface area contributed by atoms with Gasteiger partial charge in [0.05, 0.1) is 6.26 Å². The van der Waals surface area contributed by atoms with E-state index in [9.17, 15) is 0 Å². The zero-order valence-corrected chi connectivity index (χ0v) is 11.7. The van der Waals surface area contributed by atoms with Crippen LogP contribution in [0.15, 0.2) is 39.2 Å². The fourth-order valence-corrected chi connectivity index (χ4v) is 3.20. The first-order valence-electron chi connectivity index (χ1n) is 5.71. The molecule has 2 aromatic rings. The lowest BCUT2D eigenvalue weighted by Crippen LogP contribution is -2.20. The molecule has 0 aromatic carbocycles. The number of rotatable bonds is 6. The Kier molecular flexibility index (Phi) is 4.71. The molecule has 0 aliphatic carbocycles. The zero-order valence-electron chi connectivity index (χ0n) is 10.1. The molecule has 2 rings (SSSR count). The highest BCUT2D eigenvalue weighted by Crippen LogP contribution is 2.23. The van der Waals surface area contributed by atoms with Gasteiger partial charge in [-0.05, 0) is 31.4 Å². The quantitative estimate of drug-likeness (QED) is 0.630. The molecule has 0 saturated heterocycles. The van der Waals surface area contributed by atoms with E-state index >= 15 is 0 Å². The second-order valence-electron chi connectivity index (χ2n) is 3.88.